The maximum atomic E-state index is 13.4. The summed E-state index contributed by atoms with van der Waals surface area (Å²) in [6.45, 7) is 1.14. The van der Waals surface area contributed by atoms with Crippen molar-refractivity contribution < 1.29 is 14.3 Å². The summed E-state index contributed by atoms with van der Waals surface area (Å²) in [5.74, 6) is 2.23. The van der Waals surface area contributed by atoms with Crippen molar-refractivity contribution >= 4 is 17.9 Å². The molecule has 3 aromatic rings. The fourth-order valence-electron chi connectivity index (χ4n) is 4.49. The first kappa shape index (κ1) is 21.8. The van der Waals surface area contributed by atoms with E-state index >= 15 is 0 Å². The minimum atomic E-state index is -0.198. The second-order valence-electron chi connectivity index (χ2n) is 8.37. The summed E-state index contributed by atoms with van der Waals surface area (Å²) in [4.78, 5) is 22.4. The van der Waals surface area contributed by atoms with Crippen molar-refractivity contribution in [3.63, 3.8) is 0 Å². The Morgan fingerprint density at radius 1 is 0.971 bits per heavy atom. The standard InChI is InChI=1S/C28H27N3O3/c1-33-24-14-13-22(26(16-24)34-2)18-30-19-23(15-20-9-5-3-6-10-20)31-27(32)17-25(29-28(30)31)21-11-7-4-8-12-21/h3-16,25H,17-19H2,1-2H3/b23-15-/t25-/m0/s1. The van der Waals surface area contributed by atoms with Crippen LogP contribution in [0.25, 0.3) is 6.08 Å². The Kier molecular flexibility index (Phi) is 6.04. The van der Waals surface area contributed by atoms with Crippen molar-refractivity contribution in [2.75, 3.05) is 20.8 Å². The molecule has 2 heterocycles. The highest BCUT2D eigenvalue weighted by Gasteiger charge is 2.40. The number of carbonyl (C=O) groups excluding carboxylic acids is 1. The number of methoxy groups -OCH3 is 2. The number of carbonyl (C=O) groups is 1. The second-order valence-corrected chi connectivity index (χ2v) is 8.37. The number of ether oxygens (including phenoxy) is 2. The Hall–Kier alpha value is -4.06. The number of nitrogens with zero attached hydrogens (tertiary/aromatic N) is 3. The van der Waals surface area contributed by atoms with Crippen molar-refractivity contribution in [2.45, 2.75) is 19.0 Å². The average molecular weight is 454 g/mol. The van der Waals surface area contributed by atoms with E-state index in [0.717, 1.165) is 33.9 Å². The normalized spacial score (nSPS) is 18.6. The Morgan fingerprint density at radius 2 is 1.71 bits per heavy atom. The van der Waals surface area contributed by atoms with Gasteiger partial charge < -0.3 is 14.4 Å². The van der Waals surface area contributed by atoms with Crippen LogP contribution in [0.4, 0.5) is 0 Å². The second kappa shape index (κ2) is 9.43. The first-order chi connectivity index (χ1) is 16.7. The zero-order chi connectivity index (χ0) is 23.5. The first-order valence-corrected chi connectivity index (χ1v) is 11.3. The molecule has 6 heteroatoms. The highest BCUT2D eigenvalue weighted by atomic mass is 16.5. The Bertz CT molecular complexity index is 1240. The maximum Gasteiger partial charge on any atom is 0.236 e. The third-order valence-corrected chi connectivity index (χ3v) is 6.18. The number of hydrogen-bond donors (Lipinski definition) is 0. The van der Waals surface area contributed by atoms with E-state index in [0.29, 0.717) is 25.5 Å². The lowest BCUT2D eigenvalue weighted by atomic mass is 10.0. The molecule has 0 aliphatic carbocycles. The molecule has 0 radical (unpaired) electrons. The lowest BCUT2D eigenvalue weighted by molar-refractivity contribution is -0.126. The van der Waals surface area contributed by atoms with Crippen molar-refractivity contribution in [3.8, 4) is 11.5 Å². The molecule has 1 saturated heterocycles. The average Bonchev–Trinajstić information content (AvgIpc) is 3.22. The van der Waals surface area contributed by atoms with Crippen LogP contribution >= 0.6 is 0 Å². The molecule has 172 valence electrons. The molecule has 0 spiro atoms. The van der Waals surface area contributed by atoms with Gasteiger partial charge in [0.1, 0.15) is 11.5 Å². The highest BCUT2D eigenvalue weighted by molar-refractivity contribution is 6.04. The number of amides is 1. The molecule has 0 N–H and O–H groups in total. The van der Waals surface area contributed by atoms with Crippen LogP contribution < -0.4 is 9.47 Å². The Labute approximate surface area is 199 Å². The minimum Gasteiger partial charge on any atom is -0.497 e. The summed E-state index contributed by atoms with van der Waals surface area (Å²) in [5, 5.41) is 0. The molecular weight excluding hydrogens is 426 g/mol. The molecular formula is C28H27N3O3. The summed E-state index contributed by atoms with van der Waals surface area (Å²) < 4.78 is 11.0. The van der Waals surface area contributed by atoms with E-state index in [1.807, 2.05) is 78.9 Å². The van der Waals surface area contributed by atoms with Crippen LogP contribution in [0.2, 0.25) is 0 Å². The van der Waals surface area contributed by atoms with Crippen LogP contribution in [0.5, 0.6) is 11.5 Å². The van der Waals surface area contributed by atoms with E-state index in [1.165, 1.54) is 0 Å². The van der Waals surface area contributed by atoms with Gasteiger partial charge in [-0.15, -0.1) is 0 Å². The Morgan fingerprint density at radius 3 is 2.41 bits per heavy atom. The smallest absolute Gasteiger partial charge is 0.236 e. The van der Waals surface area contributed by atoms with Crippen LogP contribution in [0.1, 0.15) is 29.2 Å². The van der Waals surface area contributed by atoms with Gasteiger partial charge in [-0.1, -0.05) is 60.7 Å². The van der Waals surface area contributed by atoms with Gasteiger partial charge in [-0.05, 0) is 29.3 Å². The van der Waals surface area contributed by atoms with Gasteiger partial charge in [0, 0.05) is 23.9 Å². The third kappa shape index (κ3) is 4.27. The monoisotopic (exact) mass is 453 g/mol. The number of fused-ring (bicyclic) bond motifs is 1. The zero-order valence-electron chi connectivity index (χ0n) is 19.3. The fourth-order valence-corrected chi connectivity index (χ4v) is 4.49. The highest BCUT2D eigenvalue weighted by Crippen LogP contribution is 2.35. The van der Waals surface area contributed by atoms with Crippen molar-refractivity contribution in [1.82, 2.24) is 9.80 Å². The molecule has 0 bridgehead atoms. The van der Waals surface area contributed by atoms with Crippen LogP contribution in [0.15, 0.2) is 89.6 Å². The van der Waals surface area contributed by atoms with Gasteiger partial charge in [0.2, 0.25) is 11.9 Å². The van der Waals surface area contributed by atoms with Crippen molar-refractivity contribution in [1.29, 1.82) is 0 Å². The largest absolute Gasteiger partial charge is 0.497 e. The third-order valence-electron chi connectivity index (χ3n) is 6.18. The summed E-state index contributed by atoms with van der Waals surface area (Å²) in [6, 6.07) is 25.7. The molecule has 2 aliphatic heterocycles. The number of guanidine groups is 1. The SMILES string of the molecule is COc1ccc(CN2C/C(=C/c3ccccc3)N3C(=O)C[C@@H](c4ccccc4)N=C23)c(OC)c1. The summed E-state index contributed by atoms with van der Waals surface area (Å²) >= 11 is 0. The summed E-state index contributed by atoms with van der Waals surface area (Å²) in [6.07, 6.45) is 2.42. The minimum absolute atomic E-state index is 0.0604. The van der Waals surface area contributed by atoms with Gasteiger partial charge in [-0.3, -0.25) is 9.69 Å². The van der Waals surface area contributed by atoms with E-state index in [4.69, 9.17) is 14.5 Å². The first-order valence-electron chi connectivity index (χ1n) is 11.3. The van der Waals surface area contributed by atoms with Gasteiger partial charge in [-0.2, -0.15) is 0 Å². The van der Waals surface area contributed by atoms with Gasteiger partial charge in [0.05, 0.1) is 33.2 Å². The fraction of sp³-hybridized carbons (Fsp3) is 0.214. The van der Waals surface area contributed by atoms with Crippen molar-refractivity contribution in [2.24, 2.45) is 4.99 Å². The number of benzene rings is 3. The molecule has 2 aliphatic rings. The van der Waals surface area contributed by atoms with Crippen LogP contribution in [0, 0.1) is 0 Å². The Balaban J connectivity index is 1.54. The molecule has 34 heavy (non-hydrogen) atoms. The van der Waals surface area contributed by atoms with Gasteiger partial charge in [0.25, 0.3) is 0 Å². The molecule has 0 saturated carbocycles. The van der Waals surface area contributed by atoms with Crippen LogP contribution in [-0.4, -0.2) is 42.4 Å². The molecule has 1 atom stereocenters. The van der Waals surface area contributed by atoms with Crippen molar-refractivity contribution in [3.05, 3.63) is 101 Å². The van der Waals surface area contributed by atoms with E-state index in [2.05, 4.69) is 11.0 Å². The predicted molar refractivity (Wildman–Crippen MR) is 132 cm³/mol. The summed E-state index contributed by atoms with van der Waals surface area (Å²) in [5.41, 5.74) is 4.03. The molecule has 1 amide bonds. The molecule has 3 aromatic carbocycles. The topological polar surface area (TPSA) is 54.4 Å². The zero-order valence-corrected chi connectivity index (χ0v) is 19.3. The predicted octanol–water partition coefficient (Wildman–Crippen LogP) is 4.89. The maximum absolute atomic E-state index is 13.4. The summed E-state index contributed by atoms with van der Waals surface area (Å²) in [7, 11) is 3.29. The van der Waals surface area contributed by atoms with E-state index in [1.54, 1.807) is 19.1 Å². The number of aliphatic imine (C=N–C) groups is 1. The van der Waals surface area contributed by atoms with E-state index in [-0.39, 0.29) is 11.9 Å². The van der Waals surface area contributed by atoms with Crippen LogP contribution in [0.3, 0.4) is 0 Å². The molecule has 0 unspecified atom stereocenters. The molecule has 0 aromatic heterocycles. The van der Waals surface area contributed by atoms with Gasteiger partial charge in [-0.25, -0.2) is 4.99 Å². The molecule has 6 nitrogen and oxygen atoms in total. The van der Waals surface area contributed by atoms with Gasteiger partial charge in [0.15, 0.2) is 0 Å². The van der Waals surface area contributed by atoms with E-state index < -0.39 is 0 Å². The molecule has 1 fully saturated rings. The number of rotatable bonds is 6. The molecule has 5 rings (SSSR count). The lowest BCUT2D eigenvalue weighted by Crippen LogP contribution is -2.41. The number of hydrogen-bond acceptors (Lipinski definition) is 5. The van der Waals surface area contributed by atoms with Gasteiger partial charge >= 0.3 is 0 Å². The quantitative estimate of drug-likeness (QED) is 0.533. The van der Waals surface area contributed by atoms with E-state index in [9.17, 15) is 4.79 Å². The van der Waals surface area contributed by atoms with Crippen LogP contribution in [-0.2, 0) is 11.3 Å². The lowest BCUT2D eigenvalue weighted by Gasteiger charge is -2.29.